The normalized spacial score (nSPS) is 31.6. The molecule has 34 heavy (non-hydrogen) atoms. The molecule has 9 heteroatoms. The number of halogens is 1. The molecule has 3 heterocycles. The van der Waals surface area contributed by atoms with Crippen LogP contribution in [0.15, 0.2) is 30.9 Å². The number of aryl methyl sites for hydroxylation is 1. The number of anilines is 1. The summed E-state index contributed by atoms with van der Waals surface area (Å²) in [4.78, 5) is 43.6. The second kappa shape index (κ2) is 9.55. The number of aliphatic hydroxyl groups is 1. The first kappa shape index (κ1) is 25.1. The van der Waals surface area contributed by atoms with Gasteiger partial charge in [0.05, 0.1) is 27.3 Å². The first-order chi connectivity index (χ1) is 16.2. The number of unbranched alkanes of at least 4 members (excludes halogenated alkanes) is 1. The second-order valence-corrected chi connectivity index (χ2v) is 11.5. The monoisotopic (exact) mass is 506 g/mol. The molecule has 1 aromatic rings. The third kappa shape index (κ3) is 3.65. The van der Waals surface area contributed by atoms with E-state index in [-0.39, 0.29) is 36.1 Å². The Hall–Kier alpha value is -2.03. The minimum absolute atomic E-state index is 0.00163. The largest absolute Gasteiger partial charge is 0.481 e. The molecule has 0 aliphatic carbocycles. The number of thioether (sulfide) groups is 1. The van der Waals surface area contributed by atoms with Crippen molar-refractivity contribution in [3.05, 3.63) is 41.4 Å². The zero-order valence-electron chi connectivity index (χ0n) is 19.4. The molecule has 0 saturated carbocycles. The van der Waals surface area contributed by atoms with Gasteiger partial charge in [0.15, 0.2) is 0 Å². The van der Waals surface area contributed by atoms with Crippen LogP contribution in [0.25, 0.3) is 0 Å². The number of hydrogen-bond acceptors (Lipinski definition) is 5. The number of benzene rings is 1. The molecule has 4 rings (SSSR count). The summed E-state index contributed by atoms with van der Waals surface area (Å²) in [5.74, 6) is -3.05. The number of likely N-dealkylation sites (tertiary alicyclic amines) is 1. The van der Waals surface area contributed by atoms with Crippen molar-refractivity contribution < 1.29 is 24.6 Å². The van der Waals surface area contributed by atoms with Crippen LogP contribution in [-0.2, 0) is 14.4 Å². The van der Waals surface area contributed by atoms with Gasteiger partial charge in [-0.05, 0) is 43.7 Å². The molecule has 2 bridgehead atoms. The van der Waals surface area contributed by atoms with E-state index < -0.39 is 28.6 Å². The van der Waals surface area contributed by atoms with Crippen molar-refractivity contribution in [2.75, 3.05) is 24.6 Å². The average Bonchev–Trinajstić information content (AvgIpc) is 3.37. The van der Waals surface area contributed by atoms with Gasteiger partial charge >= 0.3 is 5.97 Å². The molecule has 1 aromatic carbocycles. The number of aliphatic hydroxyl groups excluding tert-OH is 1. The smallest absolute Gasteiger partial charge is 0.308 e. The number of amides is 2. The van der Waals surface area contributed by atoms with Gasteiger partial charge in [-0.25, -0.2) is 0 Å². The standard InChI is InChI=1S/C25H31ClN2O5S/c1-4-10-27(20-14(2)8-7-9-16(20)26)23(31)21-25-15(3)13-17(34-25)18(24(32)33)19(25)22(30)28(21)11-5-6-12-29/h4,7-9,15,17-19,21,29H,1,5-6,10-13H2,2-3H3,(H,32,33)/t15?,17-,18+,19-,21?,25?/m0/s1. The van der Waals surface area contributed by atoms with E-state index in [1.165, 1.54) is 11.8 Å². The molecule has 2 amide bonds. The molecule has 184 valence electrons. The van der Waals surface area contributed by atoms with Crippen LogP contribution in [0.2, 0.25) is 5.02 Å². The van der Waals surface area contributed by atoms with E-state index in [0.717, 1.165) is 5.56 Å². The van der Waals surface area contributed by atoms with Crippen LogP contribution in [-0.4, -0.2) is 68.6 Å². The number of hydrogen-bond donors (Lipinski definition) is 2. The van der Waals surface area contributed by atoms with Gasteiger partial charge in [-0.1, -0.05) is 36.7 Å². The first-order valence-corrected chi connectivity index (χ1v) is 13.0. The average molecular weight is 507 g/mol. The highest BCUT2D eigenvalue weighted by molar-refractivity contribution is 8.02. The topological polar surface area (TPSA) is 98.2 Å². The summed E-state index contributed by atoms with van der Waals surface area (Å²) in [6.07, 6.45) is 3.31. The molecular weight excluding hydrogens is 476 g/mol. The maximum absolute atomic E-state index is 14.4. The van der Waals surface area contributed by atoms with E-state index in [1.807, 2.05) is 26.0 Å². The number of carbonyl (C=O) groups excluding carboxylic acids is 2. The van der Waals surface area contributed by atoms with E-state index in [2.05, 4.69) is 6.58 Å². The molecule has 0 aromatic heterocycles. The van der Waals surface area contributed by atoms with Gasteiger partial charge in [0.2, 0.25) is 5.91 Å². The Morgan fingerprint density at radius 2 is 2.12 bits per heavy atom. The Labute approximate surface area is 209 Å². The van der Waals surface area contributed by atoms with Gasteiger partial charge in [0.1, 0.15) is 6.04 Å². The van der Waals surface area contributed by atoms with E-state index in [4.69, 9.17) is 11.6 Å². The number of rotatable bonds is 9. The lowest BCUT2D eigenvalue weighted by molar-refractivity contribution is -0.149. The maximum atomic E-state index is 14.4. The minimum atomic E-state index is -0.974. The molecule has 3 aliphatic rings. The van der Waals surface area contributed by atoms with Crippen molar-refractivity contribution in [2.45, 2.75) is 49.1 Å². The van der Waals surface area contributed by atoms with Crippen LogP contribution < -0.4 is 4.90 Å². The van der Waals surface area contributed by atoms with Crippen molar-refractivity contribution in [1.82, 2.24) is 4.90 Å². The maximum Gasteiger partial charge on any atom is 0.308 e. The first-order valence-electron chi connectivity index (χ1n) is 11.7. The molecule has 1 spiro atoms. The van der Waals surface area contributed by atoms with Crippen LogP contribution in [0.4, 0.5) is 5.69 Å². The summed E-state index contributed by atoms with van der Waals surface area (Å²) in [6, 6.07) is 4.62. The van der Waals surface area contributed by atoms with Crippen LogP contribution in [0.3, 0.4) is 0 Å². The summed E-state index contributed by atoms with van der Waals surface area (Å²) in [5.41, 5.74) is 1.41. The molecule has 3 unspecified atom stereocenters. The fourth-order valence-electron chi connectivity index (χ4n) is 6.25. The predicted molar refractivity (Wildman–Crippen MR) is 133 cm³/mol. The Bertz CT molecular complexity index is 999. The molecule has 2 N–H and O–H groups in total. The Morgan fingerprint density at radius 1 is 1.38 bits per heavy atom. The molecule has 0 radical (unpaired) electrons. The summed E-state index contributed by atoms with van der Waals surface area (Å²) in [5, 5.41) is 19.5. The third-order valence-electron chi connectivity index (χ3n) is 7.61. The van der Waals surface area contributed by atoms with E-state index in [0.29, 0.717) is 36.5 Å². The lowest BCUT2D eigenvalue weighted by atomic mass is 9.66. The zero-order valence-corrected chi connectivity index (χ0v) is 21.0. The molecule has 6 atom stereocenters. The highest BCUT2D eigenvalue weighted by Gasteiger charge is 2.76. The van der Waals surface area contributed by atoms with Crippen LogP contribution in [0.1, 0.15) is 31.7 Å². The van der Waals surface area contributed by atoms with E-state index in [9.17, 15) is 24.6 Å². The van der Waals surface area contributed by atoms with Gasteiger partial charge in [-0.15, -0.1) is 18.3 Å². The highest BCUT2D eigenvalue weighted by Crippen LogP contribution is 2.68. The number of para-hydroxylation sites is 1. The fourth-order valence-corrected chi connectivity index (χ4v) is 8.98. The summed E-state index contributed by atoms with van der Waals surface area (Å²) >= 11 is 8.06. The third-order valence-corrected chi connectivity index (χ3v) is 9.99. The van der Waals surface area contributed by atoms with Crippen molar-refractivity contribution in [1.29, 1.82) is 0 Å². The lowest BCUT2D eigenvalue weighted by Crippen LogP contribution is -2.57. The number of nitrogens with zero attached hydrogens (tertiary/aromatic N) is 2. The van der Waals surface area contributed by atoms with Crippen LogP contribution >= 0.6 is 23.4 Å². The molecular formula is C25H31ClN2O5S. The van der Waals surface area contributed by atoms with Gasteiger partial charge in [0, 0.05) is 24.9 Å². The number of fused-ring (bicyclic) bond motifs is 1. The summed E-state index contributed by atoms with van der Waals surface area (Å²) in [7, 11) is 0. The second-order valence-electron chi connectivity index (χ2n) is 9.50. The van der Waals surface area contributed by atoms with Crippen LogP contribution in [0, 0.1) is 24.7 Å². The fraction of sp³-hybridized carbons (Fsp3) is 0.560. The molecule has 3 saturated heterocycles. The Morgan fingerprint density at radius 3 is 2.74 bits per heavy atom. The van der Waals surface area contributed by atoms with Gasteiger partial charge in [0.25, 0.3) is 5.91 Å². The number of aliphatic carboxylic acids is 1. The minimum Gasteiger partial charge on any atom is -0.481 e. The SMILES string of the molecule is C=CCN(C(=O)C1N(CCCCO)C(=O)[C@@H]2[C@H](C(=O)O)[C@@H]3CC(C)C12S3)c1c(C)cccc1Cl. The van der Waals surface area contributed by atoms with Crippen molar-refractivity contribution in [2.24, 2.45) is 17.8 Å². The van der Waals surface area contributed by atoms with Crippen molar-refractivity contribution in [3.63, 3.8) is 0 Å². The van der Waals surface area contributed by atoms with Gasteiger partial charge in [-0.3, -0.25) is 14.4 Å². The Kier molecular flexibility index (Phi) is 7.04. The lowest BCUT2D eigenvalue weighted by Gasteiger charge is -2.40. The van der Waals surface area contributed by atoms with E-state index >= 15 is 0 Å². The van der Waals surface area contributed by atoms with Crippen molar-refractivity contribution in [3.8, 4) is 0 Å². The van der Waals surface area contributed by atoms with Gasteiger partial charge < -0.3 is 20.0 Å². The number of carboxylic acids is 1. The summed E-state index contributed by atoms with van der Waals surface area (Å²) in [6.45, 7) is 8.22. The zero-order chi connectivity index (χ0) is 24.8. The predicted octanol–water partition coefficient (Wildman–Crippen LogP) is 3.36. The van der Waals surface area contributed by atoms with Crippen LogP contribution in [0.5, 0.6) is 0 Å². The summed E-state index contributed by atoms with van der Waals surface area (Å²) < 4.78 is -0.810. The number of carbonyl (C=O) groups is 3. The Balaban J connectivity index is 1.83. The quantitative estimate of drug-likeness (QED) is 0.393. The van der Waals surface area contributed by atoms with E-state index in [1.54, 1.807) is 21.9 Å². The van der Waals surface area contributed by atoms with Gasteiger partial charge in [-0.2, -0.15) is 0 Å². The molecule has 3 aliphatic heterocycles. The number of carboxylic acid groups (broad SMARTS) is 1. The molecule has 7 nitrogen and oxygen atoms in total. The highest BCUT2D eigenvalue weighted by atomic mass is 35.5. The molecule has 3 fully saturated rings. The van der Waals surface area contributed by atoms with Crippen molar-refractivity contribution >= 4 is 46.8 Å².